The Hall–Kier alpha value is -1.27. The normalized spacial score (nSPS) is 11.8. The molecule has 0 radical (unpaired) electrons. The molecular weight excluding hydrogens is 331 g/mol. The number of halogens is 2. The van der Waals surface area contributed by atoms with Crippen LogP contribution in [0.25, 0.3) is 0 Å². The monoisotopic (exact) mass is 344 g/mol. The second-order valence-electron chi connectivity index (χ2n) is 4.57. The van der Waals surface area contributed by atoms with Gasteiger partial charge in [-0.05, 0) is 35.9 Å². The van der Waals surface area contributed by atoms with Gasteiger partial charge in [-0.25, -0.2) is 8.42 Å². The summed E-state index contributed by atoms with van der Waals surface area (Å²) in [6, 6.07) is 11.3. The molecule has 0 bridgehead atoms. The van der Waals surface area contributed by atoms with Crippen molar-refractivity contribution in [1.82, 2.24) is 4.31 Å². The topological polar surface area (TPSA) is 63.4 Å². The van der Waals surface area contributed by atoms with Gasteiger partial charge in [0.2, 0.25) is 10.0 Å². The molecule has 112 valence electrons. The molecule has 2 aromatic carbocycles. The van der Waals surface area contributed by atoms with Crippen LogP contribution in [0.2, 0.25) is 10.0 Å². The summed E-state index contributed by atoms with van der Waals surface area (Å²) in [7, 11) is -2.12. The molecule has 7 heteroatoms. The third-order valence-corrected chi connectivity index (χ3v) is 5.38. The fourth-order valence-electron chi connectivity index (χ4n) is 1.78. The number of hydrogen-bond acceptors (Lipinski definition) is 3. The zero-order valence-electron chi connectivity index (χ0n) is 11.3. The lowest BCUT2D eigenvalue weighted by atomic mass is 10.2. The summed E-state index contributed by atoms with van der Waals surface area (Å²) in [5.41, 5.74) is 6.78. The standard InChI is InChI=1S/C14H14Cl2N2O2S/c1-18(9-10-2-4-11(15)5-3-10)21(19,20)12-6-7-14(17)13(16)8-12/h2-8H,9,17H2,1H3. The number of anilines is 1. The van der Waals surface area contributed by atoms with Gasteiger partial charge in [0.15, 0.2) is 0 Å². The van der Waals surface area contributed by atoms with Crippen LogP contribution in [-0.2, 0) is 16.6 Å². The van der Waals surface area contributed by atoms with Crippen molar-refractivity contribution in [1.29, 1.82) is 0 Å². The zero-order chi connectivity index (χ0) is 15.6. The Bertz CT molecular complexity index is 746. The first-order chi connectivity index (χ1) is 9.80. The fourth-order valence-corrected chi connectivity index (χ4v) is 3.34. The van der Waals surface area contributed by atoms with Crippen LogP contribution in [0.3, 0.4) is 0 Å². The SMILES string of the molecule is CN(Cc1ccc(Cl)cc1)S(=O)(=O)c1ccc(N)c(Cl)c1. The summed E-state index contributed by atoms with van der Waals surface area (Å²) in [5.74, 6) is 0. The van der Waals surface area contributed by atoms with Crippen LogP contribution in [0.1, 0.15) is 5.56 Å². The van der Waals surface area contributed by atoms with E-state index in [1.54, 1.807) is 24.3 Å². The highest BCUT2D eigenvalue weighted by Gasteiger charge is 2.21. The average molecular weight is 345 g/mol. The number of nitrogen functional groups attached to an aromatic ring is 1. The second-order valence-corrected chi connectivity index (χ2v) is 7.46. The molecule has 0 saturated carbocycles. The predicted molar refractivity (Wildman–Crippen MR) is 86.0 cm³/mol. The highest BCUT2D eigenvalue weighted by atomic mass is 35.5. The quantitative estimate of drug-likeness (QED) is 0.864. The third kappa shape index (κ3) is 3.68. The maximum absolute atomic E-state index is 12.5. The van der Waals surface area contributed by atoms with Gasteiger partial charge in [-0.1, -0.05) is 35.3 Å². The molecule has 2 aromatic rings. The molecule has 0 aliphatic carbocycles. The summed E-state index contributed by atoms with van der Waals surface area (Å²) in [6.45, 7) is 0.238. The zero-order valence-corrected chi connectivity index (χ0v) is 13.6. The number of nitrogens with two attached hydrogens (primary N) is 1. The van der Waals surface area contributed by atoms with Crippen LogP contribution in [0.4, 0.5) is 5.69 Å². The van der Waals surface area contributed by atoms with Crippen LogP contribution in [0.15, 0.2) is 47.4 Å². The van der Waals surface area contributed by atoms with Gasteiger partial charge in [0.25, 0.3) is 0 Å². The first-order valence-corrected chi connectivity index (χ1v) is 8.26. The van der Waals surface area contributed by atoms with E-state index in [1.807, 2.05) is 0 Å². The average Bonchev–Trinajstić information content (AvgIpc) is 2.44. The maximum Gasteiger partial charge on any atom is 0.243 e. The Morgan fingerprint density at radius 1 is 1.10 bits per heavy atom. The Balaban J connectivity index is 2.25. The van der Waals surface area contributed by atoms with Crippen LogP contribution in [0, 0.1) is 0 Å². The van der Waals surface area contributed by atoms with Crippen LogP contribution in [0.5, 0.6) is 0 Å². The largest absolute Gasteiger partial charge is 0.398 e. The Kier molecular flexibility index (Phi) is 4.78. The summed E-state index contributed by atoms with van der Waals surface area (Å²) in [6.07, 6.45) is 0. The molecule has 0 heterocycles. The molecule has 0 aliphatic rings. The number of benzene rings is 2. The minimum absolute atomic E-state index is 0.109. The van der Waals surface area contributed by atoms with Crippen molar-refractivity contribution in [3.63, 3.8) is 0 Å². The van der Waals surface area contributed by atoms with E-state index in [2.05, 4.69) is 0 Å². The van der Waals surface area contributed by atoms with E-state index in [-0.39, 0.29) is 16.5 Å². The number of nitrogens with zero attached hydrogens (tertiary/aromatic N) is 1. The summed E-state index contributed by atoms with van der Waals surface area (Å²) in [4.78, 5) is 0.109. The van der Waals surface area contributed by atoms with E-state index < -0.39 is 10.0 Å². The van der Waals surface area contributed by atoms with Gasteiger partial charge < -0.3 is 5.73 Å². The lowest BCUT2D eigenvalue weighted by Gasteiger charge is -2.17. The Labute approximate surface area is 134 Å². The molecule has 0 spiro atoms. The number of rotatable bonds is 4. The van der Waals surface area contributed by atoms with E-state index in [1.165, 1.54) is 29.6 Å². The van der Waals surface area contributed by atoms with Crippen molar-refractivity contribution in [2.75, 3.05) is 12.8 Å². The van der Waals surface area contributed by atoms with Crippen LogP contribution in [-0.4, -0.2) is 19.8 Å². The molecular formula is C14H14Cl2N2O2S. The van der Waals surface area contributed by atoms with Crippen molar-refractivity contribution in [2.24, 2.45) is 0 Å². The van der Waals surface area contributed by atoms with Crippen molar-refractivity contribution >= 4 is 38.9 Å². The molecule has 0 atom stereocenters. The van der Waals surface area contributed by atoms with Gasteiger partial charge in [-0.3, -0.25) is 0 Å². The molecule has 0 amide bonds. The lowest BCUT2D eigenvalue weighted by Crippen LogP contribution is -2.26. The third-order valence-electron chi connectivity index (χ3n) is 3.00. The van der Waals surface area contributed by atoms with E-state index in [4.69, 9.17) is 28.9 Å². The fraction of sp³-hybridized carbons (Fsp3) is 0.143. The number of sulfonamides is 1. The van der Waals surface area contributed by atoms with E-state index in [0.29, 0.717) is 10.7 Å². The van der Waals surface area contributed by atoms with Crippen LogP contribution >= 0.6 is 23.2 Å². The molecule has 4 nitrogen and oxygen atoms in total. The Morgan fingerprint density at radius 3 is 2.29 bits per heavy atom. The van der Waals surface area contributed by atoms with Crippen molar-refractivity contribution < 1.29 is 8.42 Å². The van der Waals surface area contributed by atoms with Crippen LogP contribution < -0.4 is 5.73 Å². The molecule has 0 unspecified atom stereocenters. The molecule has 0 saturated heterocycles. The summed E-state index contributed by atoms with van der Waals surface area (Å²) >= 11 is 11.7. The second kappa shape index (κ2) is 6.23. The molecule has 21 heavy (non-hydrogen) atoms. The van der Waals surface area contributed by atoms with Gasteiger partial charge in [0.05, 0.1) is 15.6 Å². The highest BCUT2D eigenvalue weighted by molar-refractivity contribution is 7.89. The smallest absolute Gasteiger partial charge is 0.243 e. The minimum Gasteiger partial charge on any atom is -0.398 e. The molecule has 2 rings (SSSR count). The lowest BCUT2D eigenvalue weighted by molar-refractivity contribution is 0.467. The van der Waals surface area contributed by atoms with Gasteiger partial charge in [-0.15, -0.1) is 0 Å². The van der Waals surface area contributed by atoms with Crippen molar-refractivity contribution in [3.8, 4) is 0 Å². The predicted octanol–water partition coefficient (Wildman–Crippen LogP) is 3.40. The first-order valence-electron chi connectivity index (χ1n) is 6.06. The van der Waals surface area contributed by atoms with Crippen molar-refractivity contribution in [3.05, 3.63) is 58.1 Å². The molecule has 0 aromatic heterocycles. The van der Waals surface area contributed by atoms with Crippen molar-refractivity contribution in [2.45, 2.75) is 11.4 Å². The summed E-state index contributed by atoms with van der Waals surface area (Å²) < 4.78 is 26.2. The van der Waals surface area contributed by atoms with Gasteiger partial charge >= 0.3 is 0 Å². The number of hydrogen-bond donors (Lipinski definition) is 1. The van der Waals surface area contributed by atoms with Gasteiger partial charge in [0.1, 0.15) is 0 Å². The first kappa shape index (κ1) is 16.1. The van der Waals surface area contributed by atoms with E-state index in [9.17, 15) is 8.42 Å². The minimum atomic E-state index is -3.63. The molecule has 0 fully saturated rings. The molecule has 0 aliphatic heterocycles. The van der Waals surface area contributed by atoms with E-state index >= 15 is 0 Å². The highest BCUT2D eigenvalue weighted by Crippen LogP contribution is 2.25. The van der Waals surface area contributed by atoms with Gasteiger partial charge in [-0.2, -0.15) is 4.31 Å². The van der Waals surface area contributed by atoms with E-state index in [0.717, 1.165) is 5.56 Å². The molecule has 2 N–H and O–H groups in total. The van der Waals surface area contributed by atoms with Gasteiger partial charge in [0, 0.05) is 18.6 Å². The Morgan fingerprint density at radius 2 is 1.71 bits per heavy atom. The maximum atomic E-state index is 12.5. The summed E-state index contributed by atoms with van der Waals surface area (Å²) in [5, 5.41) is 0.825.